The van der Waals surface area contributed by atoms with Gasteiger partial charge in [0.1, 0.15) is 5.82 Å². The van der Waals surface area contributed by atoms with Crippen LogP contribution in [0.25, 0.3) is 0 Å². The number of rotatable bonds is 2. The Morgan fingerprint density at radius 3 is 2.67 bits per heavy atom. The van der Waals surface area contributed by atoms with Crippen LogP contribution in [0.2, 0.25) is 5.02 Å². The van der Waals surface area contributed by atoms with Crippen molar-refractivity contribution in [3.63, 3.8) is 0 Å². The van der Waals surface area contributed by atoms with Crippen LogP contribution in [0.4, 0.5) is 4.39 Å². The predicted molar refractivity (Wildman–Crippen MR) is 73.8 cm³/mol. The molecule has 1 aliphatic rings. The summed E-state index contributed by atoms with van der Waals surface area (Å²) in [4.78, 5) is 13.9. The zero-order chi connectivity index (χ0) is 13.1. The number of benzene rings is 1. The first-order valence-corrected chi connectivity index (χ1v) is 7.42. The SMILES string of the molecule is O=C(c1c(F)cccc1Cl)N1CCC(CBr)CC1. The monoisotopic (exact) mass is 333 g/mol. The molecule has 0 aliphatic carbocycles. The quantitative estimate of drug-likeness (QED) is 0.755. The normalized spacial score (nSPS) is 16.9. The van der Waals surface area contributed by atoms with Gasteiger partial charge in [-0.1, -0.05) is 33.6 Å². The summed E-state index contributed by atoms with van der Waals surface area (Å²) in [6.07, 6.45) is 1.89. The minimum atomic E-state index is -0.546. The first-order valence-electron chi connectivity index (χ1n) is 5.92. The van der Waals surface area contributed by atoms with E-state index in [1.807, 2.05) is 0 Å². The fourth-order valence-electron chi connectivity index (χ4n) is 2.15. The topological polar surface area (TPSA) is 20.3 Å². The number of halogens is 3. The van der Waals surface area contributed by atoms with E-state index in [2.05, 4.69) is 15.9 Å². The molecule has 0 N–H and O–H groups in total. The highest BCUT2D eigenvalue weighted by atomic mass is 79.9. The molecule has 5 heteroatoms. The molecule has 1 aromatic carbocycles. The van der Waals surface area contributed by atoms with Crippen LogP contribution < -0.4 is 0 Å². The highest BCUT2D eigenvalue weighted by Gasteiger charge is 2.26. The number of piperidine rings is 1. The number of amides is 1. The number of likely N-dealkylation sites (tertiary alicyclic amines) is 1. The third kappa shape index (κ3) is 2.86. The number of alkyl halides is 1. The summed E-state index contributed by atoms with van der Waals surface area (Å²) in [6, 6.07) is 4.32. The van der Waals surface area contributed by atoms with Gasteiger partial charge in [-0.2, -0.15) is 0 Å². The van der Waals surface area contributed by atoms with Gasteiger partial charge in [0, 0.05) is 18.4 Å². The molecule has 1 amide bonds. The van der Waals surface area contributed by atoms with Gasteiger partial charge in [0.05, 0.1) is 10.6 Å². The summed E-state index contributed by atoms with van der Waals surface area (Å²) in [7, 11) is 0. The highest BCUT2D eigenvalue weighted by Crippen LogP contribution is 2.24. The van der Waals surface area contributed by atoms with Gasteiger partial charge in [0.15, 0.2) is 0 Å². The maximum atomic E-state index is 13.7. The van der Waals surface area contributed by atoms with E-state index in [-0.39, 0.29) is 16.5 Å². The summed E-state index contributed by atoms with van der Waals surface area (Å²) < 4.78 is 13.7. The highest BCUT2D eigenvalue weighted by molar-refractivity contribution is 9.09. The van der Waals surface area contributed by atoms with Crippen molar-refractivity contribution in [1.29, 1.82) is 0 Å². The van der Waals surface area contributed by atoms with E-state index < -0.39 is 5.82 Å². The molecule has 1 aliphatic heterocycles. The van der Waals surface area contributed by atoms with E-state index in [0.29, 0.717) is 19.0 Å². The van der Waals surface area contributed by atoms with Crippen LogP contribution in [0.15, 0.2) is 18.2 Å². The van der Waals surface area contributed by atoms with Crippen LogP contribution >= 0.6 is 27.5 Å². The molecule has 1 aromatic rings. The average molecular weight is 335 g/mol. The van der Waals surface area contributed by atoms with Crippen molar-refractivity contribution in [2.24, 2.45) is 5.92 Å². The van der Waals surface area contributed by atoms with Gasteiger partial charge in [0.2, 0.25) is 0 Å². The minimum Gasteiger partial charge on any atom is -0.338 e. The zero-order valence-electron chi connectivity index (χ0n) is 9.83. The largest absolute Gasteiger partial charge is 0.338 e. The summed E-state index contributed by atoms with van der Waals surface area (Å²) in [5.74, 6) is -0.244. The molecule has 0 spiro atoms. The Morgan fingerprint density at radius 1 is 1.44 bits per heavy atom. The Bertz CT molecular complexity index is 426. The molecule has 98 valence electrons. The number of nitrogens with zero attached hydrogens (tertiary/aromatic N) is 1. The van der Waals surface area contributed by atoms with Crippen LogP contribution in [0.3, 0.4) is 0 Å². The third-order valence-corrected chi connectivity index (χ3v) is 4.53. The average Bonchev–Trinajstić information content (AvgIpc) is 2.38. The maximum absolute atomic E-state index is 13.7. The molecule has 18 heavy (non-hydrogen) atoms. The van der Waals surface area contributed by atoms with Crippen molar-refractivity contribution < 1.29 is 9.18 Å². The van der Waals surface area contributed by atoms with E-state index in [9.17, 15) is 9.18 Å². The molecule has 0 unspecified atom stereocenters. The lowest BCUT2D eigenvalue weighted by molar-refractivity contribution is 0.0694. The fraction of sp³-hybridized carbons (Fsp3) is 0.462. The van der Waals surface area contributed by atoms with Gasteiger partial charge in [-0.05, 0) is 30.9 Å². The third-order valence-electron chi connectivity index (χ3n) is 3.30. The number of carbonyl (C=O) groups is 1. The zero-order valence-corrected chi connectivity index (χ0v) is 12.2. The van der Waals surface area contributed by atoms with E-state index >= 15 is 0 Å². The van der Waals surface area contributed by atoms with E-state index in [4.69, 9.17) is 11.6 Å². The molecule has 0 atom stereocenters. The Labute approximate surface area is 119 Å². The van der Waals surface area contributed by atoms with Crippen molar-refractivity contribution in [2.75, 3.05) is 18.4 Å². The molecule has 1 fully saturated rings. The van der Waals surface area contributed by atoms with Gasteiger partial charge in [-0.25, -0.2) is 4.39 Å². The molecular formula is C13H14BrClFNO. The first kappa shape index (κ1) is 13.8. The van der Waals surface area contributed by atoms with E-state index in [1.165, 1.54) is 12.1 Å². The smallest absolute Gasteiger partial charge is 0.258 e. The fourth-order valence-corrected chi connectivity index (χ4v) is 3.04. The van der Waals surface area contributed by atoms with Crippen LogP contribution in [0.1, 0.15) is 23.2 Å². The van der Waals surface area contributed by atoms with Gasteiger partial charge >= 0.3 is 0 Å². The molecule has 2 rings (SSSR count). The van der Waals surface area contributed by atoms with Crippen molar-refractivity contribution >= 4 is 33.4 Å². The maximum Gasteiger partial charge on any atom is 0.258 e. The van der Waals surface area contributed by atoms with Crippen LogP contribution in [0.5, 0.6) is 0 Å². The molecule has 1 heterocycles. The van der Waals surface area contributed by atoms with Gasteiger partial charge in [-0.3, -0.25) is 4.79 Å². The lowest BCUT2D eigenvalue weighted by Crippen LogP contribution is -2.39. The van der Waals surface area contributed by atoms with Crippen LogP contribution in [-0.4, -0.2) is 29.2 Å². The van der Waals surface area contributed by atoms with E-state index in [1.54, 1.807) is 11.0 Å². The number of hydrogen-bond donors (Lipinski definition) is 0. The van der Waals surface area contributed by atoms with Crippen molar-refractivity contribution in [2.45, 2.75) is 12.8 Å². The molecule has 1 saturated heterocycles. The lowest BCUT2D eigenvalue weighted by Gasteiger charge is -2.31. The summed E-state index contributed by atoms with van der Waals surface area (Å²) in [5.41, 5.74) is -0.00328. The predicted octanol–water partition coefficient (Wildman–Crippen LogP) is 3.73. The van der Waals surface area contributed by atoms with Crippen molar-refractivity contribution in [1.82, 2.24) is 4.90 Å². The van der Waals surface area contributed by atoms with Gasteiger partial charge in [-0.15, -0.1) is 0 Å². The molecular weight excluding hydrogens is 321 g/mol. The molecule has 0 bridgehead atoms. The molecule has 0 saturated carbocycles. The number of carbonyl (C=O) groups excluding carboxylic acids is 1. The lowest BCUT2D eigenvalue weighted by atomic mass is 9.98. The second-order valence-corrected chi connectivity index (χ2v) is 5.54. The second kappa shape index (κ2) is 6.02. The summed E-state index contributed by atoms with van der Waals surface area (Å²) >= 11 is 9.36. The second-order valence-electron chi connectivity index (χ2n) is 4.49. The standard InChI is InChI=1S/C13H14BrClFNO/c14-8-9-4-6-17(7-5-9)13(18)12-10(15)2-1-3-11(12)16/h1-3,9H,4-8H2. The van der Waals surface area contributed by atoms with Crippen LogP contribution in [0, 0.1) is 11.7 Å². The Balaban J connectivity index is 2.13. The molecule has 0 aromatic heterocycles. The molecule has 0 radical (unpaired) electrons. The first-order chi connectivity index (χ1) is 8.63. The Morgan fingerprint density at radius 2 is 2.11 bits per heavy atom. The Kier molecular flexibility index (Phi) is 4.62. The van der Waals surface area contributed by atoms with Gasteiger partial charge < -0.3 is 4.90 Å². The summed E-state index contributed by atoms with van der Waals surface area (Å²) in [6.45, 7) is 1.33. The summed E-state index contributed by atoms with van der Waals surface area (Å²) in [5, 5.41) is 1.14. The van der Waals surface area contributed by atoms with Crippen molar-refractivity contribution in [3.05, 3.63) is 34.6 Å². The van der Waals surface area contributed by atoms with Crippen LogP contribution in [-0.2, 0) is 0 Å². The molecule has 2 nitrogen and oxygen atoms in total. The van der Waals surface area contributed by atoms with E-state index in [0.717, 1.165) is 18.2 Å². The van der Waals surface area contributed by atoms with Gasteiger partial charge in [0.25, 0.3) is 5.91 Å². The number of hydrogen-bond acceptors (Lipinski definition) is 1. The Hall–Kier alpha value is -0.610. The minimum absolute atomic E-state index is 0.00328. The van der Waals surface area contributed by atoms with Crippen molar-refractivity contribution in [3.8, 4) is 0 Å².